The van der Waals surface area contributed by atoms with E-state index in [0.717, 1.165) is 4.47 Å². The molecule has 0 aromatic heterocycles. The summed E-state index contributed by atoms with van der Waals surface area (Å²) in [5, 5.41) is 21.7. The van der Waals surface area contributed by atoms with Gasteiger partial charge >= 0.3 is 0 Å². The van der Waals surface area contributed by atoms with E-state index in [-0.39, 0.29) is 22.5 Å². The van der Waals surface area contributed by atoms with E-state index in [1.54, 1.807) is 36.4 Å². The van der Waals surface area contributed by atoms with Crippen LogP contribution in [0.3, 0.4) is 0 Å². The predicted molar refractivity (Wildman–Crippen MR) is 94.1 cm³/mol. The topological polar surface area (TPSA) is 97.5 Å². The Morgan fingerprint density at radius 2 is 1.60 bits per heavy atom. The van der Waals surface area contributed by atoms with Gasteiger partial charge in [-0.15, -0.1) is 0 Å². The third-order valence-electron chi connectivity index (χ3n) is 4.09. The Kier molecular flexibility index (Phi) is 4.50. The van der Waals surface area contributed by atoms with Crippen LogP contribution >= 0.6 is 15.9 Å². The smallest absolute Gasteiger partial charge is 0.234 e. The molecule has 0 fully saturated rings. The van der Waals surface area contributed by atoms with Gasteiger partial charge in [0.25, 0.3) is 0 Å². The van der Waals surface area contributed by atoms with Crippen molar-refractivity contribution in [2.75, 3.05) is 6.54 Å². The normalized spacial score (nSPS) is 15.1. The minimum atomic E-state index is -1.02. The van der Waals surface area contributed by atoms with Crippen LogP contribution in [0.4, 0.5) is 0 Å². The highest BCUT2D eigenvalue weighted by molar-refractivity contribution is 9.10. The monoisotopic (exact) mass is 401 g/mol. The van der Waals surface area contributed by atoms with E-state index >= 15 is 0 Å². The number of benzene rings is 2. The van der Waals surface area contributed by atoms with E-state index in [4.69, 9.17) is 0 Å². The number of rotatable bonds is 4. The molecule has 126 valence electrons. The zero-order chi connectivity index (χ0) is 18.1. The molecule has 1 N–H and O–H groups in total. The first-order valence-electron chi connectivity index (χ1n) is 7.39. The van der Waals surface area contributed by atoms with Gasteiger partial charge in [0.05, 0.1) is 11.5 Å². The minimum Gasteiger partial charge on any atom is -0.507 e. The van der Waals surface area contributed by atoms with Gasteiger partial charge in [0, 0.05) is 20.5 Å². The summed E-state index contributed by atoms with van der Waals surface area (Å²) in [6.45, 7) is -0.609. The summed E-state index contributed by atoms with van der Waals surface area (Å²) in [6, 6.07) is 12.8. The fraction of sp³-hybridized carbons (Fsp3) is 0.111. The average Bonchev–Trinajstić information content (AvgIpc) is 2.59. The molecule has 2 aromatic rings. The number of nitro groups is 1. The van der Waals surface area contributed by atoms with E-state index in [9.17, 15) is 24.8 Å². The number of aliphatic hydroxyl groups is 1. The molecule has 0 unspecified atom stereocenters. The summed E-state index contributed by atoms with van der Waals surface area (Å²) < 4.78 is 0.769. The van der Waals surface area contributed by atoms with Crippen LogP contribution in [0.5, 0.6) is 0 Å². The number of aliphatic hydroxyl groups excluding tert-OH is 1. The summed E-state index contributed by atoms with van der Waals surface area (Å²) in [4.78, 5) is 35.5. The minimum absolute atomic E-state index is 0.101. The molecule has 0 saturated heterocycles. The highest BCUT2D eigenvalue weighted by Crippen LogP contribution is 2.36. The van der Waals surface area contributed by atoms with E-state index in [1.807, 2.05) is 0 Å². The van der Waals surface area contributed by atoms with E-state index in [0.29, 0.717) is 5.56 Å². The molecule has 0 spiro atoms. The van der Waals surface area contributed by atoms with Crippen LogP contribution in [-0.4, -0.2) is 28.1 Å². The van der Waals surface area contributed by atoms with E-state index < -0.39 is 29.0 Å². The maximum atomic E-state index is 12.6. The van der Waals surface area contributed by atoms with Crippen LogP contribution in [0, 0.1) is 10.1 Å². The van der Waals surface area contributed by atoms with Crippen molar-refractivity contribution >= 4 is 33.3 Å². The summed E-state index contributed by atoms with van der Waals surface area (Å²) in [6.07, 6.45) is 0. The lowest BCUT2D eigenvalue weighted by molar-refractivity contribution is -0.481. The van der Waals surface area contributed by atoms with Crippen molar-refractivity contribution in [3.05, 3.63) is 85.4 Å². The zero-order valence-corrected chi connectivity index (χ0v) is 14.4. The van der Waals surface area contributed by atoms with Crippen molar-refractivity contribution in [1.82, 2.24) is 0 Å². The summed E-state index contributed by atoms with van der Waals surface area (Å²) in [5.41, 5.74) is 0.557. The Morgan fingerprint density at radius 1 is 1.00 bits per heavy atom. The molecule has 0 radical (unpaired) electrons. The number of halogens is 1. The predicted octanol–water partition coefficient (Wildman–Crippen LogP) is 3.54. The van der Waals surface area contributed by atoms with E-state index in [2.05, 4.69) is 15.9 Å². The highest BCUT2D eigenvalue weighted by Gasteiger charge is 2.39. The molecule has 1 atom stereocenters. The Balaban J connectivity index is 2.20. The van der Waals surface area contributed by atoms with Crippen molar-refractivity contribution in [3.63, 3.8) is 0 Å². The van der Waals surface area contributed by atoms with Crippen LogP contribution in [0.25, 0.3) is 5.76 Å². The SMILES string of the molecule is O=C1C(=O)c2ccccc2C(O)=C1[C@H](C[N+](=O)[O-])c1ccc(Br)cc1. The van der Waals surface area contributed by atoms with Gasteiger partial charge < -0.3 is 5.11 Å². The van der Waals surface area contributed by atoms with Crippen molar-refractivity contribution in [1.29, 1.82) is 0 Å². The lowest BCUT2D eigenvalue weighted by Crippen LogP contribution is -2.30. The van der Waals surface area contributed by atoms with Gasteiger partial charge in [-0.05, 0) is 17.7 Å². The summed E-state index contributed by atoms with van der Waals surface area (Å²) in [5.74, 6) is -3.08. The molecule has 1 aliphatic rings. The number of carbonyl (C=O) groups is 2. The lowest BCUT2D eigenvalue weighted by atomic mass is 9.79. The first-order chi connectivity index (χ1) is 11.9. The van der Waals surface area contributed by atoms with Gasteiger partial charge in [-0.2, -0.15) is 0 Å². The molecule has 0 amide bonds. The Morgan fingerprint density at radius 3 is 2.20 bits per heavy atom. The number of ketones is 2. The van der Waals surface area contributed by atoms with Crippen LogP contribution in [0.15, 0.2) is 58.6 Å². The van der Waals surface area contributed by atoms with Gasteiger partial charge in [0.2, 0.25) is 18.1 Å². The molecule has 0 bridgehead atoms. The van der Waals surface area contributed by atoms with Crippen LogP contribution in [0.2, 0.25) is 0 Å². The maximum Gasteiger partial charge on any atom is 0.234 e. The fourth-order valence-electron chi connectivity index (χ4n) is 2.92. The second-order valence-electron chi connectivity index (χ2n) is 5.59. The molecule has 2 aromatic carbocycles. The number of hydrogen-bond donors (Lipinski definition) is 1. The zero-order valence-electron chi connectivity index (χ0n) is 12.8. The second kappa shape index (κ2) is 6.60. The first-order valence-corrected chi connectivity index (χ1v) is 8.18. The van der Waals surface area contributed by atoms with Gasteiger partial charge in [-0.25, -0.2) is 0 Å². The molecular formula is C18H12BrNO5. The quantitative estimate of drug-likeness (QED) is 0.479. The molecule has 0 saturated carbocycles. The molecule has 1 aliphatic carbocycles. The highest BCUT2D eigenvalue weighted by atomic mass is 79.9. The molecular weight excluding hydrogens is 390 g/mol. The standard InChI is InChI=1S/C18H12BrNO5/c19-11-7-5-10(6-8-11)14(9-20(24)25)15-16(21)12-3-1-2-4-13(12)17(22)18(15)23/h1-8,14,21H,9H2/t14-/m1/s1. The maximum absolute atomic E-state index is 12.6. The molecule has 25 heavy (non-hydrogen) atoms. The average molecular weight is 402 g/mol. The third kappa shape index (κ3) is 3.10. The van der Waals surface area contributed by atoms with Crippen LogP contribution in [0.1, 0.15) is 27.4 Å². The second-order valence-corrected chi connectivity index (χ2v) is 6.50. The van der Waals surface area contributed by atoms with Crippen molar-refractivity contribution in [2.45, 2.75) is 5.92 Å². The number of carbonyl (C=O) groups excluding carboxylic acids is 2. The Hall–Kier alpha value is -2.80. The van der Waals surface area contributed by atoms with E-state index in [1.165, 1.54) is 12.1 Å². The fourth-order valence-corrected chi connectivity index (χ4v) is 3.18. The van der Waals surface area contributed by atoms with Gasteiger partial charge in [0.15, 0.2) is 0 Å². The Bertz CT molecular complexity index is 917. The molecule has 6 nitrogen and oxygen atoms in total. The Labute approximate surface area is 151 Å². The summed E-state index contributed by atoms with van der Waals surface area (Å²) in [7, 11) is 0. The largest absolute Gasteiger partial charge is 0.507 e. The molecule has 3 rings (SSSR count). The molecule has 7 heteroatoms. The number of Topliss-reactive ketones (excluding diaryl/α,β-unsaturated/α-hetero) is 2. The van der Waals surface area contributed by atoms with Crippen molar-refractivity contribution < 1.29 is 19.6 Å². The number of nitrogens with zero attached hydrogens (tertiary/aromatic N) is 1. The van der Waals surface area contributed by atoms with Crippen LogP contribution in [-0.2, 0) is 4.79 Å². The van der Waals surface area contributed by atoms with Gasteiger partial charge in [-0.3, -0.25) is 19.7 Å². The number of fused-ring (bicyclic) bond motifs is 1. The van der Waals surface area contributed by atoms with Crippen molar-refractivity contribution in [3.8, 4) is 0 Å². The summed E-state index contributed by atoms with van der Waals surface area (Å²) >= 11 is 3.28. The number of hydrogen-bond acceptors (Lipinski definition) is 5. The molecule has 0 heterocycles. The van der Waals surface area contributed by atoms with Crippen LogP contribution < -0.4 is 0 Å². The molecule has 0 aliphatic heterocycles. The van der Waals surface area contributed by atoms with Gasteiger partial charge in [0.1, 0.15) is 5.76 Å². The first kappa shape index (κ1) is 17.0. The van der Waals surface area contributed by atoms with Gasteiger partial charge in [-0.1, -0.05) is 52.3 Å². The lowest BCUT2D eigenvalue weighted by Gasteiger charge is -2.22. The van der Waals surface area contributed by atoms with Crippen molar-refractivity contribution in [2.24, 2.45) is 0 Å². The third-order valence-corrected chi connectivity index (χ3v) is 4.61.